The highest BCUT2D eigenvalue weighted by molar-refractivity contribution is 6.30. The first-order valence-electron chi connectivity index (χ1n) is 8.00. The van der Waals surface area contributed by atoms with Crippen LogP contribution in [0.25, 0.3) is 0 Å². The van der Waals surface area contributed by atoms with Crippen molar-refractivity contribution in [1.29, 1.82) is 0 Å². The molecule has 28 heavy (non-hydrogen) atoms. The van der Waals surface area contributed by atoms with Gasteiger partial charge in [0.1, 0.15) is 23.7 Å². The third-order valence-corrected chi connectivity index (χ3v) is 3.63. The van der Waals surface area contributed by atoms with Crippen LogP contribution in [0.1, 0.15) is 10.5 Å². The van der Waals surface area contributed by atoms with Gasteiger partial charge in [0, 0.05) is 17.3 Å². The summed E-state index contributed by atoms with van der Waals surface area (Å²) in [7, 11) is 2.95. The maximum atomic E-state index is 11.9. The Morgan fingerprint density at radius 3 is 2.57 bits per heavy atom. The molecule has 0 spiro atoms. The van der Waals surface area contributed by atoms with E-state index in [9.17, 15) is 14.4 Å². The maximum absolute atomic E-state index is 11.9. The van der Waals surface area contributed by atoms with Crippen molar-refractivity contribution in [3.63, 3.8) is 0 Å². The Balaban J connectivity index is 1.79. The van der Waals surface area contributed by atoms with Gasteiger partial charge in [-0.05, 0) is 24.3 Å². The number of nitrogens with one attached hydrogen (secondary N) is 2. The Labute approximate surface area is 165 Å². The number of nitrogens with zero attached hydrogens (tertiary/aromatic N) is 1. The number of esters is 1. The summed E-state index contributed by atoms with van der Waals surface area (Å²) in [4.78, 5) is 39.3. The first kappa shape index (κ1) is 21.0. The second-order valence-electron chi connectivity index (χ2n) is 5.32. The molecular weight excluding hydrogens is 390 g/mol. The number of hydrogen-bond acceptors (Lipinski definition) is 7. The molecule has 0 saturated heterocycles. The molecule has 0 aliphatic rings. The van der Waals surface area contributed by atoms with E-state index in [4.69, 9.17) is 25.8 Å². The summed E-state index contributed by atoms with van der Waals surface area (Å²) in [6.07, 6.45) is 1.37. The molecule has 1 heterocycles. The van der Waals surface area contributed by atoms with E-state index in [2.05, 4.69) is 15.6 Å². The first-order chi connectivity index (χ1) is 13.4. The van der Waals surface area contributed by atoms with Gasteiger partial charge in [0.25, 0.3) is 11.8 Å². The molecule has 2 rings (SSSR count). The normalized spacial score (nSPS) is 9.96. The van der Waals surface area contributed by atoms with Crippen molar-refractivity contribution < 1.29 is 28.6 Å². The van der Waals surface area contributed by atoms with Gasteiger partial charge in [-0.25, -0.2) is 0 Å². The lowest BCUT2D eigenvalue weighted by Crippen LogP contribution is -2.32. The van der Waals surface area contributed by atoms with Crippen molar-refractivity contribution >= 4 is 35.1 Å². The number of rotatable bonds is 8. The highest BCUT2D eigenvalue weighted by Gasteiger charge is 2.13. The van der Waals surface area contributed by atoms with Crippen LogP contribution < -0.4 is 20.1 Å². The second-order valence-corrected chi connectivity index (χ2v) is 5.75. The third-order valence-electron chi connectivity index (χ3n) is 3.39. The standard InChI is InChI=1S/C18H18ClN3O6/c1-26-12-3-4-13(15(8-12)27-2)22-16(23)10-28-17(24)9-21-18(25)14-7-11(19)5-6-20-14/h3-8H,9-10H2,1-2H3,(H,21,25)(H,22,23). The number of carbonyl (C=O) groups excluding carboxylic acids is 3. The Morgan fingerprint density at radius 2 is 1.89 bits per heavy atom. The topological polar surface area (TPSA) is 116 Å². The largest absolute Gasteiger partial charge is 0.497 e. The average molecular weight is 408 g/mol. The number of carbonyl (C=O) groups is 3. The maximum Gasteiger partial charge on any atom is 0.325 e. The molecule has 0 aliphatic heterocycles. The van der Waals surface area contributed by atoms with E-state index < -0.39 is 30.9 Å². The van der Waals surface area contributed by atoms with Gasteiger partial charge in [-0.15, -0.1) is 0 Å². The predicted octanol–water partition coefficient (Wildman–Crippen LogP) is 1.66. The Kier molecular flexibility index (Phi) is 7.58. The van der Waals surface area contributed by atoms with E-state index in [1.165, 1.54) is 32.5 Å². The summed E-state index contributed by atoms with van der Waals surface area (Å²) < 4.78 is 15.1. The summed E-state index contributed by atoms with van der Waals surface area (Å²) in [5.41, 5.74) is 0.453. The number of pyridine rings is 1. The SMILES string of the molecule is COc1ccc(NC(=O)COC(=O)CNC(=O)c2cc(Cl)ccn2)c(OC)c1. The smallest absolute Gasteiger partial charge is 0.325 e. The number of amides is 2. The zero-order valence-corrected chi connectivity index (χ0v) is 15.9. The van der Waals surface area contributed by atoms with Crippen LogP contribution in [-0.2, 0) is 14.3 Å². The van der Waals surface area contributed by atoms with E-state index in [0.717, 1.165) is 0 Å². The van der Waals surface area contributed by atoms with Gasteiger partial charge < -0.3 is 24.8 Å². The lowest BCUT2D eigenvalue weighted by atomic mass is 10.2. The van der Waals surface area contributed by atoms with Crippen LogP contribution >= 0.6 is 11.6 Å². The van der Waals surface area contributed by atoms with Gasteiger partial charge in [-0.1, -0.05) is 11.6 Å². The number of halogens is 1. The minimum Gasteiger partial charge on any atom is -0.497 e. The van der Waals surface area contributed by atoms with Crippen LogP contribution in [0, 0.1) is 0 Å². The molecule has 0 unspecified atom stereocenters. The number of methoxy groups -OCH3 is 2. The average Bonchev–Trinajstić information content (AvgIpc) is 2.70. The first-order valence-corrected chi connectivity index (χ1v) is 8.38. The van der Waals surface area contributed by atoms with Gasteiger partial charge in [0.15, 0.2) is 6.61 Å². The van der Waals surface area contributed by atoms with E-state index >= 15 is 0 Å². The van der Waals surface area contributed by atoms with Crippen LogP contribution in [0.15, 0.2) is 36.5 Å². The monoisotopic (exact) mass is 407 g/mol. The molecule has 2 N–H and O–H groups in total. The van der Waals surface area contributed by atoms with E-state index in [1.54, 1.807) is 18.2 Å². The zero-order chi connectivity index (χ0) is 20.5. The number of benzene rings is 1. The quantitative estimate of drug-likeness (QED) is 0.639. The molecule has 148 valence electrons. The van der Waals surface area contributed by atoms with Gasteiger partial charge >= 0.3 is 5.97 Å². The Bertz CT molecular complexity index is 874. The summed E-state index contributed by atoms with van der Waals surface area (Å²) >= 11 is 5.77. The minimum absolute atomic E-state index is 0.0599. The fourth-order valence-corrected chi connectivity index (χ4v) is 2.22. The summed E-state index contributed by atoms with van der Waals surface area (Å²) in [6.45, 7) is -0.953. The molecule has 2 aromatic rings. The molecule has 0 saturated carbocycles. The highest BCUT2D eigenvalue weighted by Crippen LogP contribution is 2.28. The molecule has 0 atom stereocenters. The number of hydrogen-bond donors (Lipinski definition) is 2. The number of aromatic nitrogens is 1. The van der Waals surface area contributed by atoms with Crippen molar-refractivity contribution in [2.24, 2.45) is 0 Å². The fourth-order valence-electron chi connectivity index (χ4n) is 2.06. The minimum atomic E-state index is -0.785. The number of ether oxygens (including phenoxy) is 3. The molecule has 9 nitrogen and oxygen atoms in total. The van der Waals surface area contributed by atoms with E-state index in [0.29, 0.717) is 22.2 Å². The molecule has 1 aromatic heterocycles. The third kappa shape index (κ3) is 6.13. The van der Waals surface area contributed by atoms with E-state index in [1.807, 2.05) is 0 Å². The predicted molar refractivity (Wildman–Crippen MR) is 101 cm³/mol. The van der Waals surface area contributed by atoms with Crippen molar-refractivity contribution in [1.82, 2.24) is 10.3 Å². The van der Waals surface area contributed by atoms with Crippen molar-refractivity contribution in [3.8, 4) is 11.5 Å². The van der Waals surface area contributed by atoms with Gasteiger partial charge in [0.2, 0.25) is 0 Å². The van der Waals surface area contributed by atoms with E-state index in [-0.39, 0.29) is 5.69 Å². The molecule has 2 amide bonds. The Hall–Kier alpha value is -3.33. The van der Waals surface area contributed by atoms with Gasteiger partial charge in [-0.3, -0.25) is 19.4 Å². The lowest BCUT2D eigenvalue weighted by molar-refractivity contribution is -0.146. The van der Waals surface area contributed by atoms with Crippen LogP contribution in [-0.4, -0.2) is 50.1 Å². The highest BCUT2D eigenvalue weighted by atomic mass is 35.5. The molecule has 0 radical (unpaired) electrons. The summed E-state index contributed by atoms with van der Waals surface area (Å²) in [6, 6.07) is 7.71. The molecule has 10 heteroatoms. The Morgan fingerprint density at radius 1 is 1.11 bits per heavy atom. The summed E-state index contributed by atoms with van der Waals surface area (Å²) in [5.74, 6) is -0.995. The molecule has 0 fully saturated rings. The molecular formula is C18H18ClN3O6. The van der Waals surface area contributed by atoms with Crippen LogP contribution in [0.4, 0.5) is 5.69 Å². The van der Waals surface area contributed by atoms with Crippen LogP contribution in [0.5, 0.6) is 11.5 Å². The number of anilines is 1. The zero-order valence-electron chi connectivity index (χ0n) is 15.2. The van der Waals surface area contributed by atoms with Crippen LogP contribution in [0.3, 0.4) is 0 Å². The van der Waals surface area contributed by atoms with Crippen molar-refractivity contribution in [2.45, 2.75) is 0 Å². The van der Waals surface area contributed by atoms with Crippen molar-refractivity contribution in [2.75, 3.05) is 32.7 Å². The lowest BCUT2D eigenvalue weighted by Gasteiger charge is -2.12. The molecule has 1 aromatic carbocycles. The second kappa shape index (κ2) is 10.1. The van der Waals surface area contributed by atoms with Gasteiger partial charge in [0.05, 0.1) is 19.9 Å². The van der Waals surface area contributed by atoms with Gasteiger partial charge in [-0.2, -0.15) is 0 Å². The van der Waals surface area contributed by atoms with Crippen LogP contribution in [0.2, 0.25) is 5.02 Å². The molecule has 0 aliphatic carbocycles. The summed E-state index contributed by atoms with van der Waals surface area (Å²) in [5, 5.41) is 5.23. The fraction of sp³-hybridized carbons (Fsp3) is 0.222. The molecule has 0 bridgehead atoms. The van der Waals surface area contributed by atoms with Crippen molar-refractivity contribution in [3.05, 3.63) is 47.2 Å².